The maximum atomic E-state index is 13.9. The number of nitrogens with zero attached hydrogens (tertiary/aromatic N) is 12. The van der Waals surface area contributed by atoms with E-state index in [1.165, 1.54) is 0 Å². The van der Waals surface area contributed by atoms with E-state index in [-0.39, 0.29) is 71.4 Å². The van der Waals surface area contributed by atoms with Gasteiger partial charge in [0.05, 0.1) is 207 Å². The summed E-state index contributed by atoms with van der Waals surface area (Å²) in [7, 11) is 0. The van der Waals surface area contributed by atoms with Gasteiger partial charge in [-0.3, -0.25) is 19.7 Å². The van der Waals surface area contributed by atoms with E-state index in [1.807, 2.05) is 153 Å². The molecular formula is C101H142N12O17. The van der Waals surface area contributed by atoms with Crippen molar-refractivity contribution in [3.63, 3.8) is 0 Å². The molecule has 0 fully saturated rings. The average Bonchev–Trinajstić information content (AvgIpc) is 1.64. The number of imidazole rings is 4. The van der Waals surface area contributed by atoms with Gasteiger partial charge in [-0.1, -0.05) is 92.1 Å². The van der Waals surface area contributed by atoms with Crippen LogP contribution in [0.25, 0.3) is 87.7 Å². The molecule has 0 atom stereocenters. The summed E-state index contributed by atoms with van der Waals surface area (Å²) in [6, 6.07) is 32.2. The fraction of sp³-hybridized carbons (Fsp3) is 0.594. The van der Waals surface area contributed by atoms with Crippen molar-refractivity contribution in [2.45, 2.75) is 254 Å². The smallest absolute Gasteiger partial charge is 0.139 e. The Balaban J connectivity index is 0.678. The maximum absolute atomic E-state index is 13.9. The molecule has 0 radical (unpaired) electrons. The topological polar surface area (TPSA) is 332 Å². The van der Waals surface area contributed by atoms with E-state index in [9.17, 15) is 25.2 Å². The number of rotatable bonds is 64. The molecule has 708 valence electrons. The Morgan fingerprint density at radius 1 is 0.292 bits per heavy atom. The number of carbonyl (C=O) groups is 1. The fourth-order valence-corrected chi connectivity index (χ4v) is 16.8. The molecule has 0 saturated heterocycles. The third-order valence-electron chi connectivity index (χ3n) is 22.7. The highest BCUT2D eigenvalue weighted by atomic mass is 16.6. The van der Waals surface area contributed by atoms with Crippen LogP contribution in [0.5, 0.6) is 0 Å². The number of hydrogen-bond donors (Lipinski definition) is 4. The quantitative estimate of drug-likeness (QED) is 0.0257. The minimum atomic E-state index is -1.05. The Hall–Kier alpha value is -8.57. The number of benzene rings is 4. The van der Waals surface area contributed by atoms with Crippen molar-refractivity contribution in [2.75, 3.05) is 132 Å². The van der Waals surface area contributed by atoms with Gasteiger partial charge in [0.1, 0.15) is 77.6 Å². The van der Waals surface area contributed by atoms with Crippen molar-refractivity contribution in [1.29, 1.82) is 0 Å². The minimum absolute atomic E-state index is 0.0106. The van der Waals surface area contributed by atoms with Crippen LogP contribution in [0.3, 0.4) is 0 Å². The molecule has 0 unspecified atom stereocenters. The molecule has 0 amide bonds. The molecule has 4 N–H and O–H groups in total. The first-order chi connectivity index (χ1) is 62.7. The summed E-state index contributed by atoms with van der Waals surface area (Å²) in [5.74, 6) is 2.97. The van der Waals surface area contributed by atoms with Crippen molar-refractivity contribution in [1.82, 2.24) is 58.1 Å². The summed E-state index contributed by atoms with van der Waals surface area (Å²) < 4.78 is 83.1. The van der Waals surface area contributed by atoms with Crippen molar-refractivity contribution >= 4 is 93.5 Å². The highest BCUT2D eigenvalue weighted by Gasteiger charge is 2.34. The molecule has 0 aliphatic heterocycles. The molecule has 8 heterocycles. The summed E-state index contributed by atoms with van der Waals surface area (Å²) in [4.78, 5) is 54.7. The van der Waals surface area contributed by atoms with Crippen LogP contribution in [0.15, 0.2) is 97.1 Å². The molecule has 0 aliphatic carbocycles. The molecule has 12 aromatic rings. The van der Waals surface area contributed by atoms with Gasteiger partial charge < -0.3 is 95.5 Å². The normalized spacial score (nSPS) is 12.8. The lowest BCUT2D eigenvalue weighted by Gasteiger charge is -2.33. The molecule has 0 spiro atoms. The molecule has 0 aliphatic rings. The Labute approximate surface area is 764 Å². The van der Waals surface area contributed by atoms with Crippen LogP contribution in [0.2, 0.25) is 0 Å². The predicted octanol–water partition coefficient (Wildman–Crippen LogP) is 15.8. The van der Waals surface area contributed by atoms with Crippen LogP contribution in [0.4, 0.5) is 0 Å². The van der Waals surface area contributed by atoms with Crippen LogP contribution in [-0.4, -0.2) is 239 Å². The summed E-state index contributed by atoms with van der Waals surface area (Å²) in [5, 5.41) is 48.2. The van der Waals surface area contributed by atoms with Crippen molar-refractivity contribution in [3.05, 3.63) is 143 Å². The number of fused-ring (bicyclic) bond motifs is 12. The van der Waals surface area contributed by atoms with Gasteiger partial charge in [0, 0.05) is 80.8 Å². The number of hydrogen-bond acceptors (Lipinski definition) is 25. The van der Waals surface area contributed by atoms with Gasteiger partial charge in [-0.2, -0.15) is 0 Å². The zero-order valence-corrected chi connectivity index (χ0v) is 79.1. The first-order valence-electron chi connectivity index (χ1n) is 47.2. The number of Topliss-reactive ketones (excluding diaryl/α,β-unsaturated/α-hetero) is 1. The van der Waals surface area contributed by atoms with Gasteiger partial charge in [0.25, 0.3) is 0 Å². The second kappa shape index (κ2) is 48.9. The number of aryl methyl sites for hydroxylation is 3. The van der Waals surface area contributed by atoms with Gasteiger partial charge in [0.15, 0.2) is 0 Å². The number of carbonyl (C=O) groups excluding carboxylic acids is 1. The zero-order chi connectivity index (χ0) is 92.1. The van der Waals surface area contributed by atoms with Gasteiger partial charge >= 0.3 is 0 Å². The summed E-state index contributed by atoms with van der Waals surface area (Å²) in [6.07, 6.45) is 10.9. The predicted molar refractivity (Wildman–Crippen MR) is 506 cm³/mol. The molecule has 130 heavy (non-hydrogen) atoms. The number of ketones is 1. The van der Waals surface area contributed by atoms with Crippen LogP contribution in [-0.2, 0) is 140 Å². The van der Waals surface area contributed by atoms with Crippen molar-refractivity contribution in [3.8, 4) is 0 Å². The number of para-hydroxylation sites is 4. The molecule has 29 nitrogen and oxygen atoms in total. The van der Waals surface area contributed by atoms with E-state index in [4.69, 9.17) is 96.7 Å². The first kappa shape index (κ1) is 100. The molecular weight excluding hydrogens is 1650 g/mol. The Bertz CT molecular complexity index is 5170. The third kappa shape index (κ3) is 28.7. The Morgan fingerprint density at radius 3 is 0.808 bits per heavy atom. The minimum Gasteiger partial charge on any atom is -0.389 e. The Morgan fingerprint density at radius 2 is 0.538 bits per heavy atom. The van der Waals surface area contributed by atoms with Gasteiger partial charge in [-0.05, 0) is 172 Å². The number of aromatic nitrogens is 12. The molecule has 0 bridgehead atoms. The molecule has 0 saturated carbocycles. The lowest BCUT2D eigenvalue weighted by atomic mass is 9.92. The summed E-state index contributed by atoms with van der Waals surface area (Å²) >= 11 is 0. The van der Waals surface area contributed by atoms with E-state index >= 15 is 0 Å². The lowest BCUT2D eigenvalue weighted by molar-refractivity contribution is -0.121. The summed E-state index contributed by atoms with van der Waals surface area (Å²) in [5.41, 5.74) is 8.86. The number of ether oxygens (including phenoxy) is 12. The summed E-state index contributed by atoms with van der Waals surface area (Å²) in [6.45, 7) is 32.5. The van der Waals surface area contributed by atoms with Crippen LogP contribution in [0.1, 0.15) is 200 Å². The fourth-order valence-electron chi connectivity index (χ4n) is 16.8. The highest BCUT2D eigenvalue weighted by Crippen LogP contribution is 2.36. The van der Waals surface area contributed by atoms with Crippen molar-refractivity contribution < 1.29 is 82.1 Å². The van der Waals surface area contributed by atoms with Gasteiger partial charge in [0.2, 0.25) is 0 Å². The zero-order valence-electron chi connectivity index (χ0n) is 79.1. The first-order valence-corrected chi connectivity index (χ1v) is 47.2. The van der Waals surface area contributed by atoms with E-state index < -0.39 is 27.8 Å². The monoisotopic (exact) mass is 1800 g/mol. The van der Waals surface area contributed by atoms with E-state index in [1.54, 1.807) is 13.8 Å². The third-order valence-corrected chi connectivity index (χ3v) is 22.7. The lowest BCUT2D eigenvalue weighted by Crippen LogP contribution is -2.42. The largest absolute Gasteiger partial charge is 0.389 e. The van der Waals surface area contributed by atoms with Crippen molar-refractivity contribution in [2.24, 2.45) is 5.41 Å². The molecule has 8 aromatic heterocycles. The highest BCUT2D eigenvalue weighted by molar-refractivity contribution is 6.07. The van der Waals surface area contributed by atoms with Crippen LogP contribution >= 0.6 is 0 Å². The average molecular weight is 1800 g/mol. The SMILES string of the molecule is CCOCc1nc2c(CCCCCOCCOCC(COCCOCCCCCc3nc4ccccc4c4c3nc(COCC)n4CC(C)(C)O)(COCCOCCCCCc3nc4ccccc4c4c3nc(COCC)n4CC(C)(C)O)COCCOCCCC(=O)Cc3nc4ccccc4c4c3nc(COCC)n4CC(C)(C)O)nc3ccccc3c2n1CC(C)(C)O. The van der Waals surface area contributed by atoms with E-state index in [2.05, 4.69) is 31.9 Å². The molecule has 4 aromatic carbocycles. The van der Waals surface area contributed by atoms with Crippen LogP contribution < -0.4 is 0 Å². The standard InChI is InChI=1S/C101H142N12O17/c1-13-119-60-85-106-89-81(102-77-40-27-23-36-73(77)93(89)110(85)64-97(5,6)115)44-20-17-31-47-123-51-55-127-68-101(69-128-56-52-124-48-32-18-21-45-82-90-94(74-37-24-28-41-78(74)103-82)111(65-98(7,8)116)86(107-90)61-120-14-2,70-129-57-53-125-49-33-19-22-46-83-91-95(75-38-25-29-42-79(75)104-83)112(66-99(9,10)117)87(108-91)62-121-15-3)71-130-58-54-126-50-34-35-72(114)59-84-92-96(76-39-26-30-43-80(76)105-84)113(67-100(11,12)118)88(109-92)63-122-16-4/h23-30,36-43,115-118H,13-22,31-35,44-71H2,1-12H3. The second-order valence-corrected chi connectivity index (χ2v) is 36.8. The maximum Gasteiger partial charge on any atom is 0.139 e. The number of unbranched alkanes of at least 4 members (excludes halogenated alkanes) is 6. The van der Waals surface area contributed by atoms with E-state index in [0.717, 1.165) is 194 Å². The molecule has 29 heteroatoms. The van der Waals surface area contributed by atoms with E-state index in [0.29, 0.717) is 155 Å². The van der Waals surface area contributed by atoms with Gasteiger partial charge in [-0.15, -0.1) is 0 Å². The molecule has 12 rings (SSSR count). The Kier molecular flexibility index (Phi) is 37.8. The number of pyridine rings is 4. The number of aliphatic hydroxyl groups is 4. The second-order valence-electron chi connectivity index (χ2n) is 36.8. The van der Waals surface area contributed by atoms with Crippen LogP contribution in [0, 0.1) is 5.41 Å². The van der Waals surface area contributed by atoms with Gasteiger partial charge in [-0.25, -0.2) is 24.9 Å².